The molecule has 0 unspecified atom stereocenters. The zero-order valence-electron chi connectivity index (χ0n) is 13.1. The van der Waals surface area contributed by atoms with Crippen molar-refractivity contribution >= 4 is 5.97 Å². The molecule has 3 N–H and O–H groups in total. The highest BCUT2D eigenvalue weighted by Gasteiger charge is 2.30. The fourth-order valence-corrected chi connectivity index (χ4v) is 2.65. The summed E-state index contributed by atoms with van der Waals surface area (Å²) in [5, 5.41) is 21.9. The van der Waals surface area contributed by atoms with Crippen LogP contribution in [0.15, 0.2) is 60.7 Å². The fourth-order valence-electron chi connectivity index (χ4n) is 2.65. The van der Waals surface area contributed by atoms with Crippen LogP contribution in [0.3, 0.4) is 0 Å². The molecule has 0 aliphatic carbocycles. The molecule has 0 amide bonds. The van der Waals surface area contributed by atoms with Gasteiger partial charge in [0.15, 0.2) is 0 Å². The maximum Gasteiger partial charge on any atom is 0.307 e. The van der Waals surface area contributed by atoms with Gasteiger partial charge in [0.2, 0.25) is 0 Å². The van der Waals surface area contributed by atoms with Crippen LogP contribution in [0.25, 0.3) is 0 Å². The summed E-state index contributed by atoms with van der Waals surface area (Å²) >= 11 is 0. The summed E-state index contributed by atoms with van der Waals surface area (Å²) in [5.74, 6) is -0.786. The molecule has 1 saturated heterocycles. The van der Waals surface area contributed by atoms with Gasteiger partial charge in [-0.15, -0.1) is 0 Å². The van der Waals surface area contributed by atoms with E-state index in [2.05, 4.69) is 5.32 Å². The van der Waals surface area contributed by atoms with E-state index in [0.717, 1.165) is 37.1 Å². The predicted octanol–water partition coefficient (Wildman–Crippen LogP) is 2.57. The van der Waals surface area contributed by atoms with Gasteiger partial charge in [0.1, 0.15) is 0 Å². The van der Waals surface area contributed by atoms with Crippen LogP contribution in [0.5, 0.6) is 0 Å². The van der Waals surface area contributed by atoms with Gasteiger partial charge in [-0.3, -0.25) is 4.79 Å². The molecule has 1 heterocycles. The van der Waals surface area contributed by atoms with Crippen molar-refractivity contribution in [1.82, 2.24) is 5.32 Å². The Morgan fingerprint density at radius 1 is 0.957 bits per heavy atom. The number of carbonyl (C=O) groups is 1. The molecule has 1 aliphatic rings. The van der Waals surface area contributed by atoms with Gasteiger partial charge in [-0.2, -0.15) is 0 Å². The molecular formula is C19H23NO3. The molecule has 4 heteroatoms. The van der Waals surface area contributed by atoms with Crippen LogP contribution < -0.4 is 5.32 Å². The van der Waals surface area contributed by atoms with Crippen LogP contribution in [0.1, 0.15) is 24.0 Å². The summed E-state index contributed by atoms with van der Waals surface area (Å²) in [7, 11) is 0. The molecule has 0 spiro atoms. The molecular weight excluding hydrogens is 290 g/mol. The predicted molar refractivity (Wildman–Crippen MR) is 90.2 cm³/mol. The largest absolute Gasteiger partial charge is 0.481 e. The number of benzene rings is 2. The first kappa shape index (κ1) is 17.2. The summed E-state index contributed by atoms with van der Waals surface area (Å²) < 4.78 is 0. The highest BCUT2D eigenvalue weighted by molar-refractivity contribution is 5.70. The molecule has 0 bridgehead atoms. The maximum atomic E-state index is 10.3. The average molecular weight is 313 g/mol. The Labute approximate surface area is 136 Å². The molecule has 0 radical (unpaired) electrons. The smallest absolute Gasteiger partial charge is 0.307 e. The quantitative estimate of drug-likeness (QED) is 0.814. The van der Waals surface area contributed by atoms with Gasteiger partial charge in [-0.1, -0.05) is 60.7 Å². The van der Waals surface area contributed by atoms with Crippen molar-refractivity contribution in [3.8, 4) is 0 Å². The molecule has 0 saturated carbocycles. The van der Waals surface area contributed by atoms with E-state index in [-0.39, 0.29) is 6.42 Å². The second-order valence-electron chi connectivity index (χ2n) is 5.70. The Morgan fingerprint density at radius 3 is 2.00 bits per heavy atom. The third-order valence-corrected chi connectivity index (χ3v) is 3.94. The van der Waals surface area contributed by atoms with E-state index in [1.165, 1.54) is 0 Å². The van der Waals surface area contributed by atoms with Crippen LogP contribution in [-0.4, -0.2) is 29.3 Å². The first-order valence-electron chi connectivity index (χ1n) is 7.84. The number of hydrogen-bond donors (Lipinski definition) is 3. The summed E-state index contributed by atoms with van der Waals surface area (Å²) in [4.78, 5) is 10.2. The zero-order chi connectivity index (χ0) is 16.5. The van der Waals surface area contributed by atoms with Crippen molar-refractivity contribution < 1.29 is 15.0 Å². The molecule has 3 rings (SSSR count). The highest BCUT2D eigenvalue weighted by Crippen LogP contribution is 2.29. The van der Waals surface area contributed by atoms with Crippen LogP contribution >= 0.6 is 0 Å². The monoisotopic (exact) mass is 313 g/mol. The molecule has 1 aliphatic heterocycles. The van der Waals surface area contributed by atoms with Crippen molar-refractivity contribution in [3.05, 3.63) is 71.8 Å². The van der Waals surface area contributed by atoms with Gasteiger partial charge < -0.3 is 15.5 Å². The van der Waals surface area contributed by atoms with Crippen LogP contribution in [0.4, 0.5) is 0 Å². The van der Waals surface area contributed by atoms with Crippen molar-refractivity contribution in [3.63, 3.8) is 0 Å². The summed E-state index contributed by atoms with van der Waals surface area (Å²) in [6.07, 6.45) is 1.74. The molecule has 122 valence electrons. The maximum absolute atomic E-state index is 10.3. The van der Waals surface area contributed by atoms with Gasteiger partial charge in [-0.05, 0) is 37.1 Å². The first-order chi connectivity index (χ1) is 11.1. The Morgan fingerprint density at radius 2 is 1.48 bits per heavy atom. The number of piperidine rings is 1. The van der Waals surface area contributed by atoms with E-state index in [9.17, 15) is 9.90 Å². The average Bonchev–Trinajstić information content (AvgIpc) is 2.57. The molecule has 0 aromatic heterocycles. The lowest BCUT2D eigenvalue weighted by molar-refractivity contribution is -0.136. The van der Waals surface area contributed by atoms with E-state index in [4.69, 9.17) is 5.11 Å². The lowest BCUT2D eigenvalue weighted by atomic mass is 9.85. The van der Waals surface area contributed by atoms with Crippen molar-refractivity contribution in [2.75, 3.05) is 13.1 Å². The van der Waals surface area contributed by atoms with Gasteiger partial charge in [0, 0.05) is 0 Å². The zero-order valence-corrected chi connectivity index (χ0v) is 13.1. The van der Waals surface area contributed by atoms with E-state index >= 15 is 0 Å². The Bertz CT molecular complexity index is 593. The molecule has 4 nitrogen and oxygen atoms in total. The van der Waals surface area contributed by atoms with Gasteiger partial charge >= 0.3 is 5.97 Å². The molecule has 2 aromatic carbocycles. The van der Waals surface area contributed by atoms with Gasteiger partial charge in [-0.25, -0.2) is 0 Å². The van der Waals surface area contributed by atoms with Crippen molar-refractivity contribution in [2.45, 2.75) is 24.9 Å². The number of carboxylic acid groups (broad SMARTS) is 1. The molecule has 23 heavy (non-hydrogen) atoms. The molecule has 1 fully saturated rings. The topological polar surface area (TPSA) is 69.6 Å². The number of rotatable bonds is 3. The first-order valence-corrected chi connectivity index (χ1v) is 7.84. The SMILES string of the molecule is O=C(O)Cc1ccccc1.OC1(c2ccccc2)CCNCC1. The highest BCUT2D eigenvalue weighted by atomic mass is 16.4. The number of nitrogens with one attached hydrogen (secondary N) is 1. The fraction of sp³-hybridized carbons (Fsp3) is 0.316. The van der Waals surface area contributed by atoms with Crippen molar-refractivity contribution in [1.29, 1.82) is 0 Å². The molecule has 0 atom stereocenters. The van der Waals surface area contributed by atoms with Gasteiger partial charge in [0.25, 0.3) is 0 Å². The summed E-state index contributed by atoms with van der Waals surface area (Å²) in [5.41, 5.74) is 1.30. The Balaban J connectivity index is 0.000000174. The number of carboxylic acids is 1. The minimum Gasteiger partial charge on any atom is -0.481 e. The normalized spacial score (nSPS) is 16.0. The standard InChI is InChI=1S/C11H15NO.C8H8O2/c13-11(6-8-12-9-7-11)10-4-2-1-3-5-10;9-8(10)6-7-4-2-1-3-5-7/h1-5,12-13H,6-9H2;1-5H,6H2,(H,9,10). The van der Waals surface area contributed by atoms with Crippen LogP contribution in [0, 0.1) is 0 Å². The molecule has 2 aromatic rings. The minimum atomic E-state index is -0.786. The summed E-state index contributed by atoms with van der Waals surface area (Å²) in [6.45, 7) is 1.82. The third kappa shape index (κ3) is 5.51. The number of aliphatic carboxylic acids is 1. The van der Waals surface area contributed by atoms with E-state index in [0.29, 0.717) is 0 Å². The third-order valence-electron chi connectivity index (χ3n) is 3.94. The van der Waals surface area contributed by atoms with Crippen LogP contribution in [0.2, 0.25) is 0 Å². The second-order valence-corrected chi connectivity index (χ2v) is 5.70. The second kappa shape index (κ2) is 8.46. The van der Waals surface area contributed by atoms with Crippen molar-refractivity contribution in [2.24, 2.45) is 0 Å². The Kier molecular flexibility index (Phi) is 6.32. The lowest BCUT2D eigenvalue weighted by Gasteiger charge is -2.32. The van der Waals surface area contributed by atoms with Crippen LogP contribution in [-0.2, 0) is 16.8 Å². The van der Waals surface area contributed by atoms with E-state index < -0.39 is 11.6 Å². The number of aliphatic hydroxyl groups is 1. The van der Waals surface area contributed by atoms with Gasteiger partial charge in [0.05, 0.1) is 12.0 Å². The summed E-state index contributed by atoms with van der Waals surface area (Å²) in [6, 6.07) is 19.1. The minimum absolute atomic E-state index is 0.112. The van der Waals surface area contributed by atoms with E-state index in [1.807, 2.05) is 48.5 Å². The number of hydrogen-bond acceptors (Lipinski definition) is 3. The lowest BCUT2D eigenvalue weighted by Crippen LogP contribution is -2.39. The Hall–Kier alpha value is -2.17. The van der Waals surface area contributed by atoms with E-state index in [1.54, 1.807) is 12.1 Å².